The molecule has 4 nitrogen and oxygen atoms in total. The van der Waals surface area contributed by atoms with E-state index in [-0.39, 0.29) is 17.2 Å². The molecule has 4 heteroatoms. The predicted molar refractivity (Wildman–Crippen MR) is 80.6 cm³/mol. The van der Waals surface area contributed by atoms with Crippen LogP contribution in [-0.4, -0.2) is 19.1 Å². The molecule has 1 aliphatic heterocycles. The number of ether oxygens (including phenoxy) is 1. The zero-order valence-corrected chi connectivity index (χ0v) is 12.8. The second-order valence-corrected chi connectivity index (χ2v) is 6.50. The van der Waals surface area contributed by atoms with Crippen molar-refractivity contribution < 1.29 is 9.53 Å². The minimum absolute atomic E-state index is 0.0745. The van der Waals surface area contributed by atoms with Crippen molar-refractivity contribution in [2.75, 3.05) is 13.2 Å². The fourth-order valence-electron chi connectivity index (χ4n) is 2.37. The van der Waals surface area contributed by atoms with Crippen LogP contribution < -0.4 is 5.32 Å². The van der Waals surface area contributed by atoms with Gasteiger partial charge in [-0.1, -0.05) is 45.0 Å². The van der Waals surface area contributed by atoms with Crippen molar-refractivity contribution in [2.24, 2.45) is 5.92 Å². The van der Waals surface area contributed by atoms with Gasteiger partial charge in [-0.25, -0.2) is 0 Å². The Hall–Kier alpha value is -1.86. The zero-order valence-electron chi connectivity index (χ0n) is 12.8. The highest BCUT2D eigenvalue weighted by molar-refractivity contribution is 5.79. The van der Waals surface area contributed by atoms with Gasteiger partial charge in [0, 0.05) is 6.61 Å². The highest BCUT2D eigenvalue weighted by atomic mass is 16.5. The first-order valence-corrected chi connectivity index (χ1v) is 7.30. The molecule has 112 valence electrons. The molecule has 2 rings (SSSR count). The number of benzene rings is 1. The topological polar surface area (TPSA) is 62.1 Å². The molecular weight excluding hydrogens is 264 g/mol. The van der Waals surface area contributed by atoms with E-state index in [1.54, 1.807) is 0 Å². The molecule has 1 amide bonds. The standard InChI is InChI=1S/C17H22N2O2/c1-17(2,3)14-6-4-12(5-7-14)15(10-18)19-16(20)13-8-9-21-11-13/h4-7,13,15H,8-9,11H2,1-3H3,(H,19,20). The first-order chi connectivity index (χ1) is 9.91. The summed E-state index contributed by atoms with van der Waals surface area (Å²) >= 11 is 0. The van der Waals surface area contributed by atoms with Gasteiger partial charge in [-0.3, -0.25) is 4.79 Å². The van der Waals surface area contributed by atoms with E-state index in [2.05, 4.69) is 32.2 Å². The molecule has 0 spiro atoms. The maximum absolute atomic E-state index is 12.1. The Labute approximate surface area is 126 Å². The van der Waals surface area contributed by atoms with Crippen molar-refractivity contribution in [3.63, 3.8) is 0 Å². The van der Waals surface area contributed by atoms with Crippen LogP contribution in [0.3, 0.4) is 0 Å². The number of nitrogens with one attached hydrogen (secondary N) is 1. The number of carbonyl (C=O) groups is 1. The van der Waals surface area contributed by atoms with Crippen molar-refractivity contribution in [2.45, 2.75) is 38.6 Å². The third kappa shape index (κ3) is 3.83. The van der Waals surface area contributed by atoms with Crippen LogP contribution in [0.25, 0.3) is 0 Å². The van der Waals surface area contributed by atoms with Gasteiger partial charge in [0.05, 0.1) is 18.6 Å². The highest BCUT2D eigenvalue weighted by Gasteiger charge is 2.26. The fourth-order valence-corrected chi connectivity index (χ4v) is 2.37. The minimum atomic E-state index is -0.605. The van der Waals surface area contributed by atoms with Gasteiger partial charge in [-0.05, 0) is 23.0 Å². The molecule has 21 heavy (non-hydrogen) atoms. The van der Waals surface area contributed by atoms with Gasteiger partial charge < -0.3 is 10.1 Å². The third-order valence-electron chi connectivity index (χ3n) is 3.83. The first-order valence-electron chi connectivity index (χ1n) is 7.30. The molecule has 1 heterocycles. The monoisotopic (exact) mass is 286 g/mol. The maximum Gasteiger partial charge on any atom is 0.226 e. The van der Waals surface area contributed by atoms with Gasteiger partial charge in [0.2, 0.25) is 5.91 Å². The number of rotatable bonds is 3. The molecule has 0 aromatic heterocycles. The summed E-state index contributed by atoms with van der Waals surface area (Å²) in [4.78, 5) is 12.1. The van der Waals surface area contributed by atoms with E-state index in [1.165, 1.54) is 5.56 Å². The number of hydrogen-bond donors (Lipinski definition) is 1. The summed E-state index contributed by atoms with van der Waals surface area (Å²) in [5.41, 5.74) is 2.10. The van der Waals surface area contributed by atoms with E-state index in [1.807, 2.05) is 24.3 Å². The number of hydrogen-bond acceptors (Lipinski definition) is 3. The summed E-state index contributed by atoms with van der Waals surface area (Å²) in [6.07, 6.45) is 0.729. The molecule has 0 aliphatic carbocycles. The van der Waals surface area contributed by atoms with Gasteiger partial charge >= 0.3 is 0 Å². The van der Waals surface area contributed by atoms with Crippen LogP contribution >= 0.6 is 0 Å². The van der Waals surface area contributed by atoms with Gasteiger partial charge in [0.15, 0.2) is 0 Å². The highest BCUT2D eigenvalue weighted by Crippen LogP contribution is 2.24. The predicted octanol–water partition coefficient (Wildman–Crippen LogP) is 2.70. The van der Waals surface area contributed by atoms with E-state index in [9.17, 15) is 10.1 Å². The van der Waals surface area contributed by atoms with Crippen LogP contribution in [0.2, 0.25) is 0 Å². The average Bonchev–Trinajstić information content (AvgIpc) is 2.98. The normalized spacial score (nSPS) is 19.8. The molecule has 1 aliphatic rings. The molecule has 2 atom stereocenters. The lowest BCUT2D eigenvalue weighted by Crippen LogP contribution is -2.33. The maximum atomic E-state index is 12.1. The number of amides is 1. The van der Waals surface area contributed by atoms with E-state index >= 15 is 0 Å². The molecule has 2 unspecified atom stereocenters. The van der Waals surface area contributed by atoms with Crippen molar-refractivity contribution in [1.82, 2.24) is 5.32 Å². The zero-order chi connectivity index (χ0) is 15.5. The molecule has 0 saturated carbocycles. The summed E-state index contributed by atoms with van der Waals surface area (Å²) in [6, 6.07) is 9.42. The largest absolute Gasteiger partial charge is 0.381 e. The second-order valence-electron chi connectivity index (χ2n) is 6.50. The minimum Gasteiger partial charge on any atom is -0.381 e. The van der Waals surface area contributed by atoms with Crippen molar-refractivity contribution >= 4 is 5.91 Å². The Morgan fingerprint density at radius 3 is 2.52 bits per heavy atom. The number of nitrogens with zero attached hydrogens (tertiary/aromatic N) is 1. The van der Waals surface area contributed by atoms with Crippen LogP contribution in [0, 0.1) is 17.2 Å². The van der Waals surface area contributed by atoms with Crippen molar-refractivity contribution in [3.8, 4) is 6.07 Å². The van der Waals surface area contributed by atoms with Crippen LogP contribution in [0.5, 0.6) is 0 Å². The lowest BCUT2D eigenvalue weighted by atomic mass is 9.86. The van der Waals surface area contributed by atoms with Crippen LogP contribution in [-0.2, 0) is 14.9 Å². The summed E-state index contributed by atoms with van der Waals surface area (Å²) in [7, 11) is 0. The van der Waals surface area contributed by atoms with Crippen LogP contribution in [0.1, 0.15) is 44.4 Å². The molecule has 1 aromatic carbocycles. The molecular formula is C17H22N2O2. The third-order valence-corrected chi connectivity index (χ3v) is 3.83. The molecule has 1 fully saturated rings. The Morgan fingerprint density at radius 1 is 1.38 bits per heavy atom. The fraction of sp³-hybridized carbons (Fsp3) is 0.529. The Balaban J connectivity index is 2.07. The van der Waals surface area contributed by atoms with E-state index in [0.717, 1.165) is 12.0 Å². The summed E-state index contributed by atoms with van der Waals surface area (Å²) in [5, 5.41) is 12.1. The van der Waals surface area contributed by atoms with Crippen molar-refractivity contribution in [1.29, 1.82) is 5.26 Å². The number of nitriles is 1. The van der Waals surface area contributed by atoms with Crippen LogP contribution in [0.4, 0.5) is 0 Å². The Morgan fingerprint density at radius 2 is 2.05 bits per heavy atom. The average molecular weight is 286 g/mol. The smallest absolute Gasteiger partial charge is 0.226 e. The molecule has 0 radical (unpaired) electrons. The Kier molecular flexibility index (Phi) is 4.64. The molecule has 1 N–H and O–H groups in total. The van der Waals surface area contributed by atoms with Crippen molar-refractivity contribution in [3.05, 3.63) is 35.4 Å². The lowest BCUT2D eigenvalue weighted by Gasteiger charge is -2.20. The van der Waals surface area contributed by atoms with Gasteiger partial charge in [-0.2, -0.15) is 5.26 Å². The van der Waals surface area contributed by atoms with Crippen LogP contribution in [0.15, 0.2) is 24.3 Å². The summed E-state index contributed by atoms with van der Waals surface area (Å²) in [5.74, 6) is -0.228. The van der Waals surface area contributed by atoms with E-state index in [4.69, 9.17) is 4.74 Å². The molecule has 1 saturated heterocycles. The van der Waals surface area contributed by atoms with E-state index < -0.39 is 6.04 Å². The Bertz CT molecular complexity index is 531. The number of carbonyl (C=O) groups excluding carboxylic acids is 1. The quantitative estimate of drug-likeness (QED) is 0.929. The SMILES string of the molecule is CC(C)(C)c1ccc(C(C#N)NC(=O)C2CCOC2)cc1. The summed E-state index contributed by atoms with van der Waals surface area (Å²) in [6.45, 7) is 7.51. The molecule has 1 aromatic rings. The van der Waals surface area contributed by atoms with Gasteiger partial charge in [-0.15, -0.1) is 0 Å². The lowest BCUT2D eigenvalue weighted by molar-refractivity contribution is -0.125. The van der Waals surface area contributed by atoms with Gasteiger partial charge in [0.25, 0.3) is 0 Å². The van der Waals surface area contributed by atoms with E-state index in [0.29, 0.717) is 13.2 Å². The summed E-state index contributed by atoms with van der Waals surface area (Å²) < 4.78 is 5.21. The molecule has 0 bridgehead atoms. The van der Waals surface area contributed by atoms with Gasteiger partial charge in [0.1, 0.15) is 6.04 Å². The first kappa shape index (κ1) is 15.5. The second kappa shape index (κ2) is 6.28.